The lowest BCUT2D eigenvalue weighted by molar-refractivity contribution is -0.143. The van der Waals surface area contributed by atoms with Gasteiger partial charge in [0.05, 0.1) is 0 Å². The Bertz CT molecular complexity index is 555. The number of hydrogen-bond acceptors (Lipinski definition) is 1. The van der Waals surface area contributed by atoms with Crippen molar-refractivity contribution in [3.8, 4) is 0 Å². The minimum absolute atomic E-state index is 0.353. The Morgan fingerprint density at radius 2 is 1.89 bits per heavy atom. The number of hydrogen-bond donors (Lipinski definition) is 1. The van der Waals surface area contributed by atoms with Gasteiger partial charge in [-0.2, -0.15) is 13.2 Å². The van der Waals surface area contributed by atoms with Crippen LogP contribution >= 0.6 is 0 Å². The highest BCUT2D eigenvalue weighted by Crippen LogP contribution is 2.37. The summed E-state index contributed by atoms with van der Waals surface area (Å²) in [5, 5.41) is 0.667. The summed E-state index contributed by atoms with van der Waals surface area (Å²) in [5.74, 6) is 0. The predicted molar refractivity (Wildman–Crippen MR) is 65.3 cm³/mol. The second-order valence-corrected chi connectivity index (χ2v) is 4.29. The molecular formula is C13H15F3N2. The van der Waals surface area contributed by atoms with Gasteiger partial charge in [-0.3, -0.25) is 0 Å². The molecule has 1 aromatic heterocycles. The van der Waals surface area contributed by atoms with Crippen LogP contribution in [0.1, 0.15) is 17.7 Å². The molecule has 5 heteroatoms. The molecule has 0 amide bonds. The van der Waals surface area contributed by atoms with Gasteiger partial charge in [-0.1, -0.05) is 18.2 Å². The third-order valence-corrected chi connectivity index (χ3v) is 3.11. The van der Waals surface area contributed by atoms with Crippen molar-refractivity contribution >= 4 is 10.9 Å². The zero-order chi connectivity index (χ0) is 13.3. The molecule has 0 aliphatic carbocycles. The number of aromatic nitrogens is 1. The molecule has 2 N–H and O–H groups in total. The Balaban J connectivity index is 2.69. The first-order valence-electron chi connectivity index (χ1n) is 5.80. The molecule has 0 atom stereocenters. The van der Waals surface area contributed by atoms with Crippen LogP contribution in [0.25, 0.3) is 10.9 Å². The van der Waals surface area contributed by atoms with E-state index in [4.69, 9.17) is 5.73 Å². The molecule has 2 aromatic rings. The van der Waals surface area contributed by atoms with Crippen molar-refractivity contribution in [3.63, 3.8) is 0 Å². The summed E-state index contributed by atoms with van der Waals surface area (Å²) in [6.45, 7) is 0.389. The SMILES string of the molecule is Cn1c(C(F)(F)F)c(CCCN)c2ccccc21. The van der Waals surface area contributed by atoms with Gasteiger partial charge in [-0.05, 0) is 31.0 Å². The smallest absolute Gasteiger partial charge is 0.340 e. The van der Waals surface area contributed by atoms with Crippen molar-refractivity contribution in [3.05, 3.63) is 35.5 Å². The molecule has 0 spiro atoms. The van der Waals surface area contributed by atoms with Crippen molar-refractivity contribution in [1.29, 1.82) is 0 Å². The summed E-state index contributed by atoms with van der Waals surface area (Å²) >= 11 is 0. The van der Waals surface area contributed by atoms with E-state index in [1.165, 1.54) is 11.6 Å². The molecule has 0 aliphatic rings. The number of halogens is 3. The van der Waals surface area contributed by atoms with Crippen molar-refractivity contribution in [2.75, 3.05) is 6.54 Å². The van der Waals surface area contributed by atoms with Gasteiger partial charge in [-0.25, -0.2) is 0 Å². The Morgan fingerprint density at radius 3 is 2.50 bits per heavy atom. The summed E-state index contributed by atoms with van der Waals surface area (Å²) in [7, 11) is 1.46. The minimum atomic E-state index is -4.34. The van der Waals surface area contributed by atoms with Crippen LogP contribution in [0.3, 0.4) is 0 Å². The summed E-state index contributed by atoms with van der Waals surface area (Å²) in [5.41, 5.74) is 5.80. The van der Waals surface area contributed by atoms with Gasteiger partial charge in [-0.15, -0.1) is 0 Å². The van der Waals surface area contributed by atoms with Crippen LogP contribution in [0, 0.1) is 0 Å². The Labute approximate surface area is 103 Å². The Hall–Kier alpha value is -1.49. The molecule has 0 fully saturated rings. The number of rotatable bonds is 3. The van der Waals surface area contributed by atoms with Gasteiger partial charge >= 0.3 is 6.18 Å². The molecule has 2 nitrogen and oxygen atoms in total. The highest BCUT2D eigenvalue weighted by Gasteiger charge is 2.37. The summed E-state index contributed by atoms with van der Waals surface area (Å²) < 4.78 is 40.6. The molecule has 1 aromatic carbocycles. The molecule has 0 radical (unpaired) electrons. The van der Waals surface area contributed by atoms with Crippen LogP contribution in [0.15, 0.2) is 24.3 Å². The highest BCUT2D eigenvalue weighted by atomic mass is 19.4. The van der Waals surface area contributed by atoms with Crippen LogP contribution in [0.5, 0.6) is 0 Å². The molecule has 2 rings (SSSR count). The van der Waals surface area contributed by atoms with Crippen LogP contribution < -0.4 is 5.73 Å². The minimum Gasteiger partial charge on any atom is -0.340 e. The largest absolute Gasteiger partial charge is 0.431 e. The second-order valence-electron chi connectivity index (χ2n) is 4.29. The van der Waals surface area contributed by atoms with E-state index in [0.29, 0.717) is 35.9 Å². The highest BCUT2D eigenvalue weighted by molar-refractivity contribution is 5.85. The van der Waals surface area contributed by atoms with E-state index >= 15 is 0 Å². The first-order chi connectivity index (χ1) is 8.46. The third-order valence-electron chi connectivity index (χ3n) is 3.11. The van der Waals surface area contributed by atoms with Crippen LogP contribution in [-0.2, 0) is 19.6 Å². The average molecular weight is 256 g/mol. The fraction of sp³-hybridized carbons (Fsp3) is 0.385. The number of nitrogens with zero attached hydrogens (tertiary/aromatic N) is 1. The van der Waals surface area contributed by atoms with Crippen molar-refractivity contribution in [1.82, 2.24) is 4.57 Å². The van der Waals surface area contributed by atoms with Crippen LogP contribution in [0.4, 0.5) is 13.2 Å². The number of benzene rings is 1. The van der Waals surface area contributed by atoms with Crippen molar-refractivity contribution in [2.45, 2.75) is 19.0 Å². The predicted octanol–water partition coefficient (Wildman–Crippen LogP) is 3.09. The normalized spacial score (nSPS) is 12.3. The molecule has 0 unspecified atom stereocenters. The van der Waals surface area contributed by atoms with Gasteiger partial charge in [0.1, 0.15) is 5.69 Å². The number of para-hydroxylation sites is 1. The first kappa shape index (κ1) is 13.0. The monoisotopic (exact) mass is 256 g/mol. The van der Waals surface area contributed by atoms with E-state index < -0.39 is 11.9 Å². The van der Waals surface area contributed by atoms with E-state index in [1.807, 2.05) is 0 Å². The molecule has 0 bridgehead atoms. The van der Waals surface area contributed by atoms with Gasteiger partial charge in [0, 0.05) is 18.0 Å². The topological polar surface area (TPSA) is 30.9 Å². The number of alkyl halides is 3. The van der Waals surface area contributed by atoms with E-state index in [2.05, 4.69) is 0 Å². The maximum absolute atomic E-state index is 13.1. The summed E-state index contributed by atoms with van der Waals surface area (Å²) in [6.07, 6.45) is -3.43. The van der Waals surface area contributed by atoms with E-state index in [1.54, 1.807) is 24.3 Å². The maximum atomic E-state index is 13.1. The average Bonchev–Trinajstić information content (AvgIpc) is 2.60. The van der Waals surface area contributed by atoms with Gasteiger partial charge in [0.2, 0.25) is 0 Å². The van der Waals surface area contributed by atoms with Crippen LogP contribution in [-0.4, -0.2) is 11.1 Å². The van der Waals surface area contributed by atoms with Gasteiger partial charge in [0.15, 0.2) is 0 Å². The zero-order valence-electron chi connectivity index (χ0n) is 10.1. The lowest BCUT2D eigenvalue weighted by atomic mass is 10.1. The van der Waals surface area contributed by atoms with E-state index in [0.717, 1.165) is 0 Å². The van der Waals surface area contributed by atoms with E-state index in [9.17, 15) is 13.2 Å². The fourth-order valence-electron chi connectivity index (χ4n) is 2.36. The first-order valence-corrected chi connectivity index (χ1v) is 5.80. The third kappa shape index (κ3) is 2.10. The number of nitrogens with two attached hydrogens (primary N) is 1. The summed E-state index contributed by atoms with van der Waals surface area (Å²) in [6, 6.07) is 6.94. The standard InChI is InChI=1S/C13H15F3N2/c1-18-11-7-3-2-5-9(11)10(6-4-8-17)12(18)13(14,15)16/h2-3,5,7H,4,6,8,17H2,1H3. The lowest BCUT2D eigenvalue weighted by Crippen LogP contribution is -2.14. The molecular weight excluding hydrogens is 241 g/mol. The van der Waals surface area contributed by atoms with Crippen molar-refractivity contribution < 1.29 is 13.2 Å². The number of fused-ring (bicyclic) bond motifs is 1. The Kier molecular flexibility index (Phi) is 3.34. The Morgan fingerprint density at radius 1 is 1.22 bits per heavy atom. The molecule has 98 valence electrons. The molecule has 0 saturated heterocycles. The molecule has 1 heterocycles. The fourth-order valence-corrected chi connectivity index (χ4v) is 2.36. The van der Waals surface area contributed by atoms with Crippen molar-refractivity contribution in [2.24, 2.45) is 12.8 Å². The van der Waals surface area contributed by atoms with Crippen LogP contribution in [0.2, 0.25) is 0 Å². The number of aryl methyl sites for hydroxylation is 2. The molecule has 18 heavy (non-hydrogen) atoms. The second kappa shape index (κ2) is 4.65. The zero-order valence-corrected chi connectivity index (χ0v) is 10.1. The summed E-state index contributed by atoms with van der Waals surface area (Å²) in [4.78, 5) is 0. The molecule has 0 saturated carbocycles. The lowest BCUT2D eigenvalue weighted by Gasteiger charge is -2.11. The van der Waals surface area contributed by atoms with Gasteiger partial charge in [0.25, 0.3) is 0 Å². The van der Waals surface area contributed by atoms with E-state index in [-0.39, 0.29) is 0 Å². The molecule has 0 aliphatic heterocycles. The van der Waals surface area contributed by atoms with Gasteiger partial charge < -0.3 is 10.3 Å². The quantitative estimate of drug-likeness (QED) is 0.898. The maximum Gasteiger partial charge on any atom is 0.431 e.